The third-order valence-electron chi connectivity index (χ3n) is 2.14. The van der Waals surface area contributed by atoms with Gasteiger partial charge in [-0.25, -0.2) is 4.79 Å². The first-order valence-electron chi connectivity index (χ1n) is 4.27. The Kier molecular flexibility index (Phi) is 3.49. The van der Waals surface area contributed by atoms with Crippen LogP contribution in [0.25, 0.3) is 0 Å². The molecule has 0 aromatic heterocycles. The van der Waals surface area contributed by atoms with Crippen molar-refractivity contribution in [2.24, 2.45) is 0 Å². The second-order valence-electron chi connectivity index (χ2n) is 3.35. The van der Waals surface area contributed by atoms with Crippen LogP contribution in [-0.4, -0.2) is 37.0 Å². The molecule has 0 aliphatic carbocycles. The Hall–Kier alpha value is -1.49. The zero-order chi connectivity index (χ0) is 14.3. The summed E-state index contributed by atoms with van der Waals surface area (Å²) >= 11 is 0. The summed E-state index contributed by atoms with van der Waals surface area (Å²) in [5, 5.41) is 8.79. The van der Waals surface area contributed by atoms with Crippen molar-refractivity contribution >= 4 is 26.2 Å². The summed E-state index contributed by atoms with van der Waals surface area (Å²) in [6, 6.07) is 1.08. The molecule has 0 aliphatic heterocycles. The van der Waals surface area contributed by atoms with E-state index < -0.39 is 41.6 Å². The van der Waals surface area contributed by atoms with E-state index >= 15 is 0 Å². The number of aromatic carboxylic acids is 1. The lowest BCUT2D eigenvalue weighted by Crippen LogP contribution is -2.11. The highest BCUT2D eigenvalue weighted by Gasteiger charge is 2.24. The molecule has 0 radical (unpaired) electrons. The lowest BCUT2D eigenvalue weighted by molar-refractivity contribution is 0.0695. The molecule has 0 atom stereocenters. The Labute approximate surface area is 102 Å². The fourth-order valence-electron chi connectivity index (χ4n) is 1.30. The molecule has 100 valence electrons. The zero-order valence-electron chi connectivity index (χ0n) is 8.85. The lowest BCUT2D eigenvalue weighted by Gasteiger charge is -2.08. The number of benzene rings is 1. The fourth-order valence-corrected chi connectivity index (χ4v) is 2.68. The number of carbonyl (C=O) groups is 1. The average Bonchev–Trinajstić information content (AvgIpc) is 2.13. The van der Waals surface area contributed by atoms with Crippen LogP contribution in [-0.2, 0) is 20.2 Å². The molecular weight excluding hydrogens is 288 g/mol. The van der Waals surface area contributed by atoms with Gasteiger partial charge in [-0.05, 0) is 24.6 Å². The minimum Gasteiger partial charge on any atom is -0.478 e. The first-order valence-corrected chi connectivity index (χ1v) is 7.15. The number of rotatable bonds is 3. The number of hydrogen-bond donors (Lipinski definition) is 3. The van der Waals surface area contributed by atoms with E-state index in [0.717, 1.165) is 6.92 Å². The highest BCUT2D eigenvalue weighted by atomic mass is 32.2. The second kappa shape index (κ2) is 4.31. The topological polar surface area (TPSA) is 146 Å². The Bertz CT molecular complexity index is 714. The number of carboxylic acids is 1. The van der Waals surface area contributed by atoms with Crippen LogP contribution in [0.1, 0.15) is 15.9 Å². The Morgan fingerprint density at radius 1 is 1.06 bits per heavy atom. The monoisotopic (exact) mass is 296 g/mol. The Morgan fingerprint density at radius 2 is 1.56 bits per heavy atom. The third-order valence-corrected chi connectivity index (χ3v) is 3.95. The summed E-state index contributed by atoms with van der Waals surface area (Å²) in [5.41, 5.74) is -0.991. The molecule has 1 aromatic rings. The molecule has 8 nitrogen and oxygen atoms in total. The maximum Gasteiger partial charge on any atom is 0.336 e. The van der Waals surface area contributed by atoms with Crippen molar-refractivity contribution in [3.05, 3.63) is 23.3 Å². The van der Waals surface area contributed by atoms with Gasteiger partial charge in [0.15, 0.2) is 0 Å². The van der Waals surface area contributed by atoms with Crippen LogP contribution < -0.4 is 0 Å². The van der Waals surface area contributed by atoms with Gasteiger partial charge in [-0.15, -0.1) is 0 Å². The van der Waals surface area contributed by atoms with Gasteiger partial charge in [0.25, 0.3) is 20.2 Å². The summed E-state index contributed by atoms with van der Waals surface area (Å²) in [4.78, 5) is 9.00. The van der Waals surface area contributed by atoms with Crippen molar-refractivity contribution in [2.75, 3.05) is 0 Å². The maximum atomic E-state index is 11.0. The highest BCUT2D eigenvalue weighted by molar-refractivity contribution is 7.86. The average molecular weight is 296 g/mol. The summed E-state index contributed by atoms with van der Waals surface area (Å²) in [7, 11) is -9.61. The van der Waals surface area contributed by atoms with Gasteiger partial charge >= 0.3 is 5.97 Å². The van der Waals surface area contributed by atoms with Crippen LogP contribution in [0.3, 0.4) is 0 Å². The van der Waals surface area contributed by atoms with Crippen molar-refractivity contribution in [1.29, 1.82) is 0 Å². The quantitative estimate of drug-likeness (QED) is 0.670. The molecule has 3 N–H and O–H groups in total. The van der Waals surface area contributed by atoms with Gasteiger partial charge in [0.1, 0.15) is 0 Å². The van der Waals surface area contributed by atoms with Crippen molar-refractivity contribution in [2.45, 2.75) is 16.7 Å². The summed E-state index contributed by atoms with van der Waals surface area (Å²) < 4.78 is 61.4. The van der Waals surface area contributed by atoms with Crippen LogP contribution >= 0.6 is 0 Å². The number of hydrogen-bond acceptors (Lipinski definition) is 5. The summed E-state index contributed by atoms with van der Waals surface area (Å²) in [6.45, 7) is 1.08. The predicted octanol–water partition coefficient (Wildman–Crippen LogP) is 0.187. The molecule has 1 rings (SSSR count). The molecular formula is C8H8O8S2. The van der Waals surface area contributed by atoms with Gasteiger partial charge in [0, 0.05) is 0 Å². The van der Waals surface area contributed by atoms with Gasteiger partial charge in [0.2, 0.25) is 0 Å². The molecule has 0 fully saturated rings. The molecule has 0 amide bonds. The predicted molar refractivity (Wildman–Crippen MR) is 57.8 cm³/mol. The third kappa shape index (κ3) is 2.85. The van der Waals surface area contributed by atoms with Gasteiger partial charge in [-0.2, -0.15) is 16.8 Å². The van der Waals surface area contributed by atoms with Gasteiger partial charge < -0.3 is 5.11 Å². The van der Waals surface area contributed by atoms with E-state index in [2.05, 4.69) is 0 Å². The van der Waals surface area contributed by atoms with Crippen molar-refractivity contribution in [3.8, 4) is 0 Å². The molecule has 0 bridgehead atoms. The van der Waals surface area contributed by atoms with Crippen LogP contribution in [0.2, 0.25) is 0 Å². The lowest BCUT2D eigenvalue weighted by atomic mass is 10.1. The van der Waals surface area contributed by atoms with Crippen LogP contribution in [0, 0.1) is 6.92 Å². The molecule has 0 saturated carbocycles. The minimum atomic E-state index is -4.81. The van der Waals surface area contributed by atoms with Crippen LogP contribution in [0.15, 0.2) is 21.9 Å². The number of carboxylic acid groups (broad SMARTS) is 1. The Morgan fingerprint density at radius 3 is 1.89 bits per heavy atom. The van der Waals surface area contributed by atoms with E-state index in [1.807, 2.05) is 0 Å². The largest absolute Gasteiger partial charge is 0.478 e. The van der Waals surface area contributed by atoms with E-state index in [1.165, 1.54) is 0 Å². The van der Waals surface area contributed by atoms with E-state index in [4.69, 9.17) is 14.2 Å². The van der Waals surface area contributed by atoms with Crippen molar-refractivity contribution in [3.63, 3.8) is 0 Å². The zero-order valence-corrected chi connectivity index (χ0v) is 10.5. The highest BCUT2D eigenvalue weighted by Crippen LogP contribution is 2.24. The van der Waals surface area contributed by atoms with Crippen LogP contribution in [0.5, 0.6) is 0 Å². The van der Waals surface area contributed by atoms with Gasteiger partial charge in [-0.1, -0.05) is 0 Å². The molecule has 18 heavy (non-hydrogen) atoms. The molecule has 0 saturated heterocycles. The molecule has 0 aliphatic rings. The fraction of sp³-hybridized carbons (Fsp3) is 0.125. The summed E-state index contributed by atoms with van der Waals surface area (Å²) in [5.74, 6) is -1.59. The normalized spacial score (nSPS) is 12.4. The van der Waals surface area contributed by atoms with Crippen molar-refractivity contribution < 1.29 is 35.8 Å². The molecule has 0 unspecified atom stereocenters. The van der Waals surface area contributed by atoms with Crippen LogP contribution in [0.4, 0.5) is 0 Å². The smallest absolute Gasteiger partial charge is 0.336 e. The maximum absolute atomic E-state index is 11.0. The second-order valence-corrected chi connectivity index (χ2v) is 6.16. The summed E-state index contributed by atoms with van der Waals surface area (Å²) in [6.07, 6.45) is 0. The van der Waals surface area contributed by atoms with Crippen molar-refractivity contribution in [1.82, 2.24) is 0 Å². The van der Waals surface area contributed by atoms with E-state index in [-0.39, 0.29) is 5.56 Å². The first kappa shape index (κ1) is 14.6. The first-order chi connectivity index (χ1) is 7.94. The molecule has 1 aromatic carbocycles. The van der Waals surface area contributed by atoms with E-state index in [0.29, 0.717) is 12.1 Å². The van der Waals surface area contributed by atoms with E-state index in [9.17, 15) is 21.6 Å². The molecule has 10 heteroatoms. The standard InChI is InChI=1S/C8H8O8S2/c1-4-6(8(9)10)2-5(17(11,12)13)3-7(4)18(14,15)16/h2-3H,1H3,(H,9,10)(H,11,12,13)(H,14,15,16). The van der Waals surface area contributed by atoms with Gasteiger partial charge in [0.05, 0.1) is 15.4 Å². The minimum absolute atomic E-state index is 0.336. The Balaban J connectivity index is 3.86. The SMILES string of the molecule is Cc1c(C(=O)O)cc(S(=O)(=O)O)cc1S(=O)(=O)O. The van der Waals surface area contributed by atoms with E-state index in [1.54, 1.807) is 0 Å². The molecule has 0 heterocycles. The van der Waals surface area contributed by atoms with Gasteiger partial charge in [-0.3, -0.25) is 9.11 Å². The molecule has 0 spiro atoms.